The molecule has 0 bridgehead atoms. The highest BCUT2D eigenvalue weighted by Gasteiger charge is 2.22. The van der Waals surface area contributed by atoms with Gasteiger partial charge in [0.1, 0.15) is 10.7 Å². The Hall–Kier alpha value is -3.33. The smallest absolute Gasteiger partial charge is 0.271 e. The van der Waals surface area contributed by atoms with Crippen LogP contribution in [0, 0.1) is 0 Å². The number of nitrogens with zero attached hydrogens (tertiary/aromatic N) is 4. The molecule has 0 atom stereocenters. The van der Waals surface area contributed by atoms with Crippen LogP contribution in [-0.4, -0.2) is 52.7 Å². The van der Waals surface area contributed by atoms with E-state index in [0.29, 0.717) is 16.6 Å². The van der Waals surface area contributed by atoms with Crippen molar-refractivity contribution in [1.29, 1.82) is 0 Å². The summed E-state index contributed by atoms with van der Waals surface area (Å²) in [6, 6.07) is 9.77. The van der Waals surface area contributed by atoms with Crippen LogP contribution in [0.2, 0.25) is 0 Å². The largest absolute Gasteiger partial charge is 0.481 e. The van der Waals surface area contributed by atoms with Crippen LogP contribution in [0.4, 0.5) is 0 Å². The predicted octanol–water partition coefficient (Wildman–Crippen LogP) is 3.05. The molecule has 2 heterocycles. The van der Waals surface area contributed by atoms with Crippen molar-refractivity contribution in [2.24, 2.45) is 7.05 Å². The average molecular weight is 466 g/mol. The minimum Gasteiger partial charge on any atom is -0.481 e. The highest BCUT2D eigenvalue weighted by molar-refractivity contribution is 7.97. The van der Waals surface area contributed by atoms with Crippen molar-refractivity contribution in [3.05, 3.63) is 58.9 Å². The Morgan fingerprint density at radius 3 is 2.79 bits per heavy atom. The molecule has 4 rings (SSSR count). The van der Waals surface area contributed by atoms with Crippen LogP contribution < -0.4 is 9.46 Å². The second kappa shape index (κ2) is 9.66. The molecule has 0 saturated carbocycles. The van der Waals surface area contributed by atoms with Crippen LogP contribution in [0.1, 0.15) is 33.6 Å². The Morgan fingerprint density at radius 2 is 2.03 bits per heavy atom. The quantitative estimate of drug-likeness (QED) is 0.540. The summed E-state index contributed by atoms with van der Waals surface area (Å²) in [4.78, 5) is 30.9. The van der Waals surface area contributed by atoms with Gasteiger partial charge in [-0.2, -0.15) is 5.10 Å². The number of nitrogens with one attached hydrogen (secondary N) is 1. The average Bonchev–Trinajstić information content (AvgIpc) is 3.44. The molecule has 1 aliphatic rings. The maximum absolute atomic E-state index is 12.9. The summed E-state index contributed by atoms with van der Waals surface area (Å²) in [5.74, 6) is 0.284. The zero-order valence-corrected chi connectivity index (χ0v) is 20.0. The number of aromatic nitrogens is 3. The number of aryl methyl sites for hydroxylation is 2. The number of hydrogen-bond acceptors (Lipinski definition) is 6. The molecule has 1 aliphatic carbocycles. The van der Waals surface area contributed by atoms with Gasteiger partial charge in [0.25, 0.3) is 5.91 Å². The molecule has 0 fully saturated rings. The lowest BCUT2D eigenvalue weighted by Crippen LogP contribution is -2.24. The monoisotopic (exact) mass is 465 g/mol. The fourth-order valence-electron chi connectivity index (χ4n) is 4.13. The first kappa shape index (κ1) is 22.8. The highest BCUT2D eigenvalue weighted by Crippen LogP contribution is 2.34. The van der Waals surface area contributed by atoms with Crippen molar-refractivity contribution in [2.75, 3.05) is 21.2 Å². The van der Waals surface area contributed by atoms with Gasteiger partial charge in [0.05, 0.1) is 13.5 Å². The van der Waals surface area contributed by atoms with E-state index in [4.69, 9.17) is 4.74 Å². The maximum Gasteiger partial charge on any atom is 0.271 e. The fourth-order valence-corrected chi connectivity index (χ4v) is 4.75. The summed E-state index contributed by atoms with van der Waals surface area (Å²) in [7, 11) is 6.69. The molecule has 0 spiro atoms. The first-order valence-electron chi connectivity index (χ1n) is 10.7. The Balaban J connectivity index is 1.54. The molecular formula is C24H27N5O3S. The number of methoxy groups -OCH3 is 1. The maximum atomic E-state index is 12.9. The van der Waals surface area contributed by atoms with Crippen LogP contribution in [-0.2, 0) is 31.1 Å². The van der Waals surface area contributed by atoms with Crippen LogP contribution in [0.3, 0.4) is 0 Å². The van der Waals surface area contributed by atoms with Crippen LogP contribution in [0.5, 0.6) is 5.88 Å². The van der Waals surface area contributed by atoms with Crippen LogP contribution >= 0.6 is 11.9 Å². The van der Waals surface area contributed by atoms with E-state index in [1.54, 1.807) is 40.5 Å². The molecule has 172 valence electrons. The molecule has 0 unspecified atom stereocenters. The molecule has 2 aromatic heterocycles. The topological polar surface area (TPSA) is 89.4 Å². The summed E-state index contributed by atoms with van der Waals surface area (Å²) in [5, 5.41) is 4.90. The summed E-state index contributed by atoms with van der Waals surface area (Å²) < 4.78 is 9.70. The minimum atomic E-state index is -0.138. The zero-order chi connectivity index (χ0) is 23.5. The van der Waals surface area contributed by atoms with Gasteiger partial charge >= 0.3 is 0 Å². The summed E-state index contributed by atoms with van der Waals surface area (Å²) in [6.45, 7) is 0. The van der Waals surface area contributed by atoms with Crippen molar-refractivity contribution >= 4 is 23.8 Å². The van der Waals surface area contributed by atoms with Gasteiger partial charge < -0.3 is 9.64 Å². The molecular weight excluding hydrogens is 438 g/mol. The molecule has 1 aromatic carbocycles. The summed E-state index contributed by atoms with van der Waals surface area (Å²) in [5.41, 5.74) is 6.08. The summed E-state index contributed by atoms with van der Waals surface area (Å²) in [6.07, 6.45) is 5.08. The Kier molecular flexibility index (Phi) is 6.69. The number of hydrogen-bond donors (Lipinski definition) is 1. The number of carbonyl (C=O) groups excluding carboxylic acids is 2. The van der Waals surface area contributed by atoms with Crippen LogP contribution in [0.25, 0.3) is 11.1 Å². The second-order valence-electron chi connectivity index (χ2n) is 8.16. The van der Waals surface area contributed by atoms with Crippen molar-refractivity contribution in [3.63, 3.8) is 0 Å². The van der Waals surface area contributed by atoms with E-state index >= 15 is 0 Å². The number of rotatable bonds is 7. The lowest BCUT2D eigenvalue weighted by molar-refractivity contribution is -0.118. The lowest BCUT2D eigenvalue weighted by Gasteiger charge is -2.15. The minimum absolute atomic E-state index is 0.117. The molecule has 1 N–H and O–H groups in total. The first-order chi connectivity index (χ1) is 15.9. The van der Waals surface area contributed by atoms with E-state index in [9.17, 15) is 9.59 Å². The van der Waals surface area contributed by atoms with Gasteiger partial charge in [0, 0.05) is 51.4 Å². The van der Waals surface area contributed by atoms with Crippen molar-refractivity contribution in [2.45, 2.75) is 30.7 Å². The number of pyridine rings is 1. The van der Waals surface area contributed by atoms with Gasteiger partial charge in [-0.15, -0.1) is 0 Å². The third-order valence-corrected chi connectivity index (χ3v) is 6.48. The van der Waals surface area contributed by atoms with E-state index in [0.717, 1.165) is 47.9 Å². The Bertz CT molecular complexity index is 1200. The van der Waals surface area contributed by atoms with Gasteiger partial charge in [-0.05, 0) is 53.1 Å². The number of benzene rings is 1. The predicted molar refractivity (Wildman–Crippen MR) is 127 cm³/mol. The number of amides is 2. The molecule has 3 aromatic rings. The Labute approximate surface area is 197 Å². The third-order valence-electron chi connectivity index (χ3n) is 5.75. The SMILES string of the molecule is COc1cc(-c2ccc3c(c2CC(=O)NSc2cc(C(=O)N(C)C)n(C)n2)CCC3)ccn1. The van der Waals surface area contributed by atoms with Crippen molar-refractivity contribution < 1.29 is 14.3 Å². The van der Waals surface area contributed by atoms with E-state index in [1.165, 1.54) is 20.7 Å². The second-order valence-corrected chi connectivity index (χ2v) is 8.99. The molecule has 8 nitrogen and oxygen atoms in total. The number of carbonyl (C=O) groups is 2. The van der Waals surface area contributed by atoms with E-state index in [-0.39, 0.29) is 18.2 Å². The molecule has 0 saturated heterocycles. The molecule has 2 amide bonds. The van der Waals surface area contributed by atoms with Gasteiger partial charge in [-0.3, -0.25) is 19.0 Å². The summed E-state index contributed by atoms with van der Waals surface area (Å²) >= 11 is 1.12. The normalized spacial score (nSPS) is 12.4. The molecule has 0 radical (unpaired) electrons. The highest BCUT2D eigenvalue weighted by atomic mass is 32.2. The van der Waals surface area contributed by atoms with Gasteiger partial charge in [-0.1, -0.05) is 12.1 Å². The van der Waals surface area contributed by atoms with Crippen molar-refractivity contribution in [3.8, 4) is 17.0 Å². The zero-order valence-electron chi connectivity index (χ0n) is 19.2. The van der Waals surface area contributed by atoms with Gasteiger partial charge in [0.15, 0.2) is 0 Å². The number of fused-ring (bicyclic) bond motifs is 1. The molecule has 9 heteroatoms. The van der Waals surface area contributed by atoms with Crippen LogP contribution in [0.15, 0.2) is 41.6 Å². The van der Waals surface area contributed by atoms with E-state index in [1.807, 2.05) is 12.1 Å². The van der Waals surface area contributed by atoms with Gasteiger partial charge in [-0.25, -0.2) is 4.98 Å². The first-order valence-corrected chi connectivity index (χ1v) is 11.5. The van der Waals surface area contributed by atoms with E-state index < -0.39 is 0 Å². The van der Waals surface area contributed by atoms with E-state index in [2.05, 4.69) is 26.9 Å². The number of ether oxygens (including phenoxy) is 1. The fraction of sp³-hybridized carbons (Fsp3) is 0.333. The Morgan fingerprint density at radius 1 is 1.21 bits per heavy atom. The standard InChI is InChI=1S/C24H27N5O3S/c1-28(2)24(31)20-14-23(26-29(20)3)33-27-21(30)13-19-17-7-5-6-15(17)8-9-18(19)16-10-11-25-22(12-16)32-4/h8-12,14H,5-7,13H2,1-4H3,(H,27,30). The lowest BCUT2D eigenvalue weighted by atomic mass is 9.91. The molecule has 0 aliphatic heterocycles. The van der Waals surface area contributed by atoms with Crippen molar-refractivity contribution in [1.82, 2.24) is 24.4 Å². The van der Waals surface area contributed by atoms with Gasteiger partial charge in [0.2, 0.25) is 11.8 Å². The third kappa shape index (κ3) is 4.88. The molecule has 33 heavy (non-hydrogen) atoms.